The Bertz CT molecular complexity index is 513. The summed E-state index contributed by atoms with van der Waals surface area (Å²) in [6.07, 6.45) is 0. The van der Waals surface area contributed by atoms with E-state index < -0.39 is 21.6 Å². The predicted molar refractivity (Wildman–Crippen MR) is 60.3 cm³/mol. The van der Waals surface area contributed by atoms with Crippen molar-refractivity contribution in [2.75, 3.05) is 6.61 Å². The number of carbonyl (C=O) groups is 1. The van der Waals surface area contributed by atoms with Crippen LogP contribution in [0, 0.1) is 0 Å². The van der Waals surface area contributed by atoms with Crippen molar-refractivity contribution in [2.24, 2.45) is 0 Å². The number of carboxylic acid groups (broad SMARTS) is 1. The van der Waals surface area contributed by atoms with Crippen molar-refractivity contribution >= 4 is 41.6 Å². The maximum Gasteiger partial charge on any atom is 0.341 e. The molecule has 0 aliphatic carbocycles. The van der Waals surface area contributed by atoms with Gasteiger partial charge in [-0.3, -0.25) is 0 Å². The highest BCUT2D eigenvalue weighted by molar-refractivity contribution is 9.10. The van der Waals surface area contributed by atoms with Crippen molar-refractivity contribution in [1.29, 1.82) is 0 Å². The minimum Gasteiger partial charge on any atom is -0.480 e. The molecule has 88 valence electrons. The largest absolute Gasteiger partial charge is 0.480 e. The lowest BCUT2D eigenvalue weighted by molar-refractivity contribution is -0.139. The van der Waals surface area contributed by atoms with Gasteiger partial charge in [0, 0.05) is 15.2 Å². The zero-order valence-electron chi connectivity index (χ0n) is 7.68. The molecule has 0 amide bonds. The highest BCUT2D eigenvalue weighted by Crippen LogP contribution is 2.29. The molecule has 0 unspecified atom stereocenters. The third-order valence-corrected chi connectivity index (χ3v) is 3.36. The fourth-order valence-corrected chi connectivity index (χ4v) is 2.44. The monoisotopic (exact) mass is 328 g/mol. The average Bonchev–Trinajstić information content (AvgIpc) is 2.14. The van der Waals surface area contributed by atoms with E-state index >= 15 is 0 Å². The number of aliphatic carboxylic acids is 1. The van der Waals surface area contributed by atoms with E-state index in [0.717, 1.165) is 0 Å². The first-order valence-corrected chi connectivity index (χ1v) is 7.00. The molecular weight excluding hydrogens is 324 g/mol. The van der Waals surface area contributed by atoms with Crippen LogP contribution in [0.5, 0.6) is 5.75 Å². The van der Waals surface area contributed by atoms with Crippen LogP contribution in [0.25, 0.3) is 0 Å². The van der Waals surface area contributed by atoms with Gasteiger partial charge in [-0.1, -0.05) is 15.9 Å². The normalized spacial score (nSPS) is 11.1. The van der Waals surface area contributed by atoms with Gasteiger partial charge in [-0.15, -0.1) is 0 Å². The molecule has 8 heteroatoms. The summed E-state index contributed by atoms with van der Waals surface area (Å²) in [6, 6.07) is 4.07. The van der Waals surface area contributed by atoms with E-state index in [1.54, 1.807) is 0 Å². The molecule has 1 rings (SSSR count). The number of benzene rings is 1. The molecule has 0 saturated heterocycles. The van der Waals surface area contributed by atoms with Crippen molar-refractivity contribution in [3.05, 3.63) is 22.7 Å². The molecule has 0 fully saturated rings. The number of hydrogen-bond acceptors (Lipinski definition) is 4. The third-order valence-electron chi connectivity index (χ3n) is 1.52. The van der Waals surface area contributed by atoms with Gasteiger partial charge in [0.2, 0.25) is 0 Å². The summed E-state index contributed by atoms with van der Waals surface area (Å²) in [4.78, 5) is 10.0. The van der Waals surface area contributed by atoms with Gasteiger partial charge in [0.05, 0.1) is 0 Å². The first-order chi connectivity index (χ1) is 7.30. The number of hydrogen-bond donors (Lipinski definition) is 1. The maximum absolute atomic E-state index is 11.2. The summed E-state index contributed by atoms with van der Waals surface area (Å²) in [6.45, 7) is -0.638. The Kier molecular flexibility index (Phi) is 4.17. The quantitative estimate of drug-likeness (QED) is 0.853. The van der Waals surface area contributed by atoms with E-state index in [1.807, 2.05) is 0 Å². The van der Waals surface area contributed by atoms with Crippen molar-refractivity contribution in [2.45, 2.75) is 4.90 Å². The zero-order valence-corrected chi connectivity index (χ0v) is 10.8. The Morgan fingerprint density at radius 3 is 2.62 bits per heavy atom. The standard InChI is InChI=1S/C8H6BrClO5S/c9-5-1-2-6(15-4-8(11)12)7(3-5)16(10,13)14/h1-3H,4H2,(H,11,12). The van der Waals surface area contributed by atoms with Crippen LogP contribution in [0.15, 0.2) is 27.6 Å². The fraction of sp³-hybridized carbons (Fsp3) is 0.125. The number of halogens is 2. The Morgan fingerprint density at radius 2 is 2.12 bits per heavy atom. The van der Waals surface area contributed by atoms with Gasteiger partial charge in [-0.05, 0) is 18.2 Å². The van der Waals surface area contributed by atoms with Gasteiger partial charge in [-0.25, -0.2) is 13.2 Å². The summed E-state index contributed by atoms with van der Waals surface area (Å²) in [5.74, 6) is -1.30. The predicted octanol–water partition coefficient (Wildman–Crippen LogP) is 1.84. The van der Waals surface area contributed by atoms with Crippen LogP contribution in [0.4, 0.5) is 0 Å². The summed E-state index contributed by atoms with van der Waals surface area (Å²) >= 11 is 3.07. The topological polar surface area (TPSA) is 80.7 Å². The molecule has 0 spiro atoms. The van der Waals surface area contributed by atoms with E-state index in [2.05, 4.69) is 15.9 Å². The average molecular weight is 330 g/mol. The molecule has 0 radical (unpaired) electrons. The van der Waals surface area contributed by atoms with Gasteiger partial charge >= 0.3 is 5.97 Å². The number of rotatable bonds is 4. The van der Waals surface area contributed by atoms with Crippen LogP contribution in [-0.2, 0) is 13.8 Å². The van der Waals surface area contributed by atoms with Gasteiger partial charge in [0.15, 0.2) is 6.61 Å². The van der Waals surface area contributed by atoms with Crippen molar-refractivity contribution in [3.8, 4) is 5.75 Å². The lowest BCUT2D eigenvalue weighted by Crippen LogP contribution is -2.11. The highest BCUT2D eigenvalue weighted by atomic mass is 79.9. The van der Waals surface area contributed by atoms with Crippen LogP contribution in [0.2, 0.25) is 0 Å². The van der Waals surface area contributed by atoms with Crippen molar-refractivity contribution in [3.63, 3.8) is 0 Å². The summed E-state index contributed by atoms with van der Waals surface area (Å²) < 4.78 is 27.6. The Hall–Kier alpha value is -0.790. The van der Waals surface area contributed by atoms with Crippen LogP contribution in [-0.4, -0.2) is 26.1 Å². The smallest absolute Gasteiger partial charge is 0.341 e. The van der Waals surface area contributed by atoms with Gasteiger partial charge in [-0.2, -0.15) is 0 Å². The van der Waals surface area contributed by atoms with Crippen molar-refractivity contribution in [1.82, 2.24) is 0 Å². The van der Waals surface area contributed by atoms with Crippen LogP contribution >= 0.6 is 26.6 Å². The van der Waals surface area contributed by atoms with Crippen LogP contribution in [0.1, 0.15) is 0 Å². The first kappa shape index (κ1) is 13.3. The molecule has 5 nitrogen and oxygen atoms in total. The Balaban J connectivity index is 3.13. The summed E-state index contributed by atoms with van der Waals surface area (Å²) in [5, 5.41) is 8.41. The lowest BCUT2D eigenvalue weighted by atomic mass is 10.3. The second-order valence-corrected chi connectivity index (χ2v) is 6.16. The van der Waals surface area contributed by atoms with Crippen molar-refractivity contribution < 1.29 is 23.1 Å². The van der Waals surface area contributed by atoms with Gasteiger partial charge in [0.1, 0.15) is 10.6 Å². The molecule has 0 heterocycles. The van der Waals surface area contributed by atoms with E-state index in [-0.39, 0.29) is 10.6 Å². The molecule has 16 heavy (non-hydrogen) atoms. The third kappa shape index (κ3) is 3.66. The lowest BCUT2D eigenvalue weighted by Gasteiger charge is -2.07. The Morgan fingerprint density at radius 1 is 1.50 bits per heavy atom. The minimum atomic E-state index is -3.98. The molecule has 0 saturated carbocycles. The van der Waals surface area contributed by atoms with E-state index in [9.17, 15) is 13.2 Å². The molecule has 0 aromatic heterocycles. The Labute approximate surface area is 105 Å². The van der Waals surface area contributed by atoms with Gasteiger partial charge < -0.3 is 9.84 Å². The van der Waals surface area contributed by atoms with E-state index in [1.165, 1.54) is 18.2 Å². The zero-order chi connectivity index (χ0) is 12.3. The first-order valence-electron chi connectivity index (χ1n) is 3.89. The molecule has 0 bridgehead atoms. The second kappa shape index (κ2) is 5.03. The molecule has 1 aromatic carbocycles. The molecule has 0 aliphatic heterocycles. The molecular formula is C8H6BrClO5S. The highest BCUT2D eigenvalue weighted by Gasteiger charge is 2.18. The molecule has 1 aromatic rings. The molecule has 0 aliphatic rings. The van der Waals surface area contributed by atoms with E-state index in [0.29, 0.717) is 4.47 Å². The minimum absolute atomic E-state index is 0.0967. The van der Waals surface area contributed by atoms with Crippen LogP contribution < -0.4 is 4.74 Å². The maximum atomic E-state index is 11.2. The summed E-state index contributed by atoms with van der Waals surface area (Å²) in [5.41, 5.74) is 0. The van der Waals surface area contributed by atoms with Gasteiger partial charge in [0.25, 0.3) is 9.05 Å². The fourth-order valence-electron chi connectivity index (χ4n) is 0.931. The molecule has 1 N–H and O–H groups in total. The van der Waals surface area contributed by atoms with E-state index in [4.69, 9.17) is 20.5 Å². The number of ether oxygens (including phenoxy) is 1. The van der Waals surface area contributed by atoms with Crippen LogP contribution in [0.3, 0.4) is 0 Å². The molecule has 0 atom stereocenters. The SMILES string of the molecule is O=C(O)COc1ccc(Br)cc1S(=O)(=O)Cl. The summed E-state index contributed by atoms with van der Waals surface area (Å²) in [7, 11) is 1.20. The number of carboxylic acids is 1. The second-order valence-electron chi connectivity index (χ2n) is 2.71.